The summed E-state index contributed by atoms with van der Waals surface area (Å²) in [5.74, 6) is 0. The molecule has 0 radical (unpaired) electrons. The van der Waals surface area contributed by atoms with Crippen molar-refractivity contribution >= 4 is 22.9 Å². The molecule has 0 unspecified atom stereocenters. The minimum Gasteiger partial charge on any atom is -0.349 e. The van der Waals surface area contributed by atoms with Crippen LogP contribution in [-0.2, 0) is 13.1 Å². The smallest absolute Gasteiger partial charge is 0.117 e. The first-order chi connectivity index (χ1) is 9.28. The van der Waals surface area contributed by atoms with Crippen molar-refractivity contribution in [2.24, 2.45) is 0 Å². The third-order valence-electron chi connectivity index (χ3n) is 3.33. The quantitative estimate of drug-likeness (QED) is 0.839. The van der Waals surface area contributed by atoms with Crippen molar-refractivity contribution in [1.29, 1.82) is 0 Å². The Morgan fingerprint density at radius 2 is 2.16 bits per heavy atom. The van der Waals surface area contributed by atoms with Crippen molar-refractivity contribution in [1.82, 2.24) is 4.98 Å². The molecular formula is C15H13FN2S. The predicted octanol–water partition coefficient (Wildman–Crippen LogP) is 3.90. The molecule has 0 amide bonds. The van der Waals surface area contributed by atoms with Gasteiger partial charge in [-0.05, 0) is 35.7 Å². The van der Waals surface area contributed by atoms with Crippen LogP contribution in [0.1, 0.15) is 17.5 Å². The molecule has 19 heavy (non-hydrogen) atoms. The molecular weight excluding hydrogens is 259 g/mol. The fraction of sp³-hybridized carbons (Fsp3) is 0.200. The minimum atomic E-state index is -0.494. The van der Waals surface area contributed by atoms with E-state index in [2.05, 4.69) is 16.4 Å². The van der Waals surface area contributed by atoms with Crippen molar-refractivity contribution in [2.45, 2.75) is 19.5 Å². The van der Waals surface area contributed by atoms with E-state index in [1.165, 1.54) is 0 Å². The van der Waals surface area contributed by atoms with Gasteiger partial charge in [-0.1, -0.05) is 18.3 Å². The number of rotatable bonds is 2. The SMILES string of the molecule is FCc1cc(-c2cccnc2)cc2c1NC(=S)CC2. The van der Waals surface area contributed by atoms with Gasteiger partial charge >= 0.3 is 0 Å². The van der Waals surface area contributed by atoms with E-state index < -0.39 is 6.67 Å². The molecule has 0 aliphatic carbocycles. The van der Waals surface area contributed by atoms with E-state index in [0.29, 0.717) is 5.56 Å². The average molecular weight is 272 g/mol. The topological polar surface area (TPSA) is 24.9 Å². The molecule has 96 valence electrons. The number of benzene rings is 1. The Kier molecular flexibility index (Phi) is 3.25. The second-order valence-corrected chi connectivity index (χ2v) is 5.09. The van der Waals surface area contributed by atoms with Gasteiger partial charge in [0.2, 0.25) is 0 Å². The summed E-state index contributed by atoms with van der Waals surface area (Å²) in [6.45, 7) is -0.494. The van der Waals surface area contributed by atoms with Crippen LogP contribution in [0.5, 0.6) is 0 Å². The number of fused-ring (bicyclic) bond motifs is 1. The molecule has 2 heterocycles. The number of hydrogen-bond acceptors (Lipinski definition) is 2. The summed E-state index contributed by atoms with van der Waals surface area (Å²) in [5.41, 5.74) is 4.66. The molecule has 1 aromatic carbocycles. The predicted molar refractivity (Wildman–Crippen MR) is 79.0 cm³/mol. The lowest BCUT2D eigenvalue weighted by atomic mass is 9.94. The Labute approximate surface area is 116 Å². The maximum atomic E-state index is 13.2. The fourth-order valence-electron chi connectivity index (χ4n) is 2.38. The van der Waals surface area contributed by atoms with Crippen LogP contribution in [0.15, 0.2) is 36.7 Å². The number of aromatic nitrogens is 1. The van der Waals surface area contributed by atoms with Gasteiger partial charge in [-0.2, -0.15) is 0 Å². The summed E-state index contributed by atoms with van der Waals surface area (Å²) in [7, 11) is 0. The van der Waals surface area contributed by atoms with E-state index in [0.717, 1.165) is 40.2 Å². The number of pyridine rings is 1. The summed E-state index contributed by atoms with van der Waals surface area (Å²) in [5, 5.41) is 3.13. The number of anilines is 1. The molecule has 4 heteroatoms. The number of halogens is 1. The van der Waals surface area contributed by atoms with Gasteiger partial charge in [0.05, 0.1) is 4.99 Å². The lowest BCUT2D eigenvalue weighted by Gasteiger charge is -2.22. The first-order valence-electron chi connectivity index (χ1n) is 6.20. The van der Waals surface area contributed by atoms with Crippen LogP contribution in [0, 0.1) is 0 Å². The highest BCUT2D eigenvalue weighted by molar-refractivity contribution is 7.80. The van der Waals surface area contributed by atoms with Crippen LogP contribution >= 0.6 is 12.2 Å². The van der Waals surface area contributed by atoms with Crippen LogP contribution < -0.4 is 5.32 Å². The molecule has 0 spiro atoms. The molecule has 0 atom stereocenters. The Balaban J connectivity index is 2.12. The molecule has 1 aliphatic rings. The van der Waals surface area contributed by atoms with Gasteiger partial charge in [0.15, 0.2) is 0 Å². The zero-order chi connectivity index (χ0) is 13.2. The van der Waals surface area contributed by atoms with E-state index in [9.17, 15) is 4.39 Å². The molecule has 0 bridgehead atoms. The number of alkyl halides is 1. The van der Waals surface area contributed by atoms with Crippen LogP contribution in [0.4, 0.5) is 10.1 Å². The highest BCUT2D eigenvalue weighted by atomic mass is 32.1. The van der Waals surface area contributed by atoms with E-state index in [4.69, 9.17) is 12.2 Å². The van der Waals surface area contributed by atoms with Gasteiger partial charge in [-0.3, -0.25) is 4.98 Å². The second kappa shape index (κ2) is 5.05. The number of hydrogen-bond donors (Lipinski definition) is 1. The zero-order valence-corrected chi connectivity index (χ0v) is 11.1. The normalized spacial score (nSPS) is 13.8. The van der Waals surface area contributed by atoms with Gasteiger partial charge in [0, 0.05) is 35.6 Å². The van der Waals surface area contributed by atoms with Crippen LogP contribution in [0.2, 0.25) is 0 Å². The third-order valence-corrected chi connectivity index (χ3v) is 3.63. The lowest BCUT2D eigenvalue weighted by Crippen LogP contribution is -2.18. The number of nitrogens with zero attached hydrogens (tertiary/aromatic N) is 1. The number of nitrogens with one attached hydrogen (secondary N) is 1. The van der Waals surface area contributed by atoms with E-state index >= 15 is 0 Å². The Hall–Kier alpha value is -1.81. The van der Waals surface area contributed by atoms with E-state index in [1.807, 2.05) is 18.2 Å². The average Bonchev–Trinajstić information content (AvgIpc) is 2.47. The first-order valence-corrected chi connectivity index (χ1v) is 6.61. The number of thiocarbonyl (C=S) groups is 1. The molecule has 1 N–H and O–H groups in total. The molecule has 1 aliphatic heterocycles. The lowest BCUT2D eigenvalue weighted by molar-refractivity contribution is 0.486. The second-order valence-electron chi connectivity index (χ2n) is 4.59. The van der Waals surface area contributed by atoms with Crippen molar-refractivity contribution < 1.29 is 4.39 Å². The minimum absolute atomic E-state index is 0.494. The van der Waals surface area contributed by atoms with Crippen molar-refractivity contribution in [3.05, 3.63) is 47.8 Å². The third kappa shape index (κ3) is 2.36. The maximum absolute atomic E-state index is 13.2. The molecule has 2 aromatic rings. The Bertz CT molecular complexity index is 608. The fourth-order valence-corrected chi connectivity index (χ4v) is 2.59. The molecule has 0 saturated carbocycles. The van der Waals surface area contributed by atoms with Crippen LogP contribution in [0.3, 0.4) is 0 Å². The van der Waals surface area contributed by atoms with E-state index in [1.54, 1.807) is 12.4 Å². The molecule has 0 saturated heterocycles. The first kappa shape index (κ1) is 12.2. The summed E-state index contributed by atoms with van der Waals surface area (Å²) in [6, 6.07) is 7.84. The van der Waals surface area contributed by atoms with Gasteiger partial charge in [-0.25, -0.2) is 4.39 Å². The highest BCUT2D eigenvalue weighted by Crippen LogP contribution is 2.33. The van der Waals surface area contributed by atoms with Crippen molar-refractivity contribution in [3.63, 3.8) is 0 Å². The van der Waals surface area contributed by atoms with Gasteiger partial charge in [0.1, 0.15) is 6.67 Å². The maximum Gasteiger partial charge on any atom is 0.117 e. The van der Waals surface area contributed by atoms with E-state index in [-0.39, 0.29) is 0 Å². The van der Waals surface area contributed by atoms with Gasteiger partial charge in [-0.15, -0.1) is 0 Å². The van der Waals surface area contributed by atoms with Crippen LogP contribution in [-0.4, -0.2) is 9.97 Å². The van der Waals surface area contributed by atoms with Gasteiger partial charge in [0.25, 0.3) is 0 Å². The largest absolute Gasteiger partial charge is 0.349 e. The van der Waals surface area contributed by atoms with Crippen molar-refractivity contribution in [3.8, 4) is 11.1 Å². The summed E-state index contributed by atoms with van der Waals surface area (Å²) in [4.78, 5) is 4.90. The summed E-state index contributed by atoms with van der Waals surface area (Å²) >= 11 is 5.17. The zero-order valence-electron chi connectivity index (χ0n) is 10.3. The Morgan fingerprint density at radius 1 is 1.26 bits per heavy atom. The Morgan fingerprint density at radius 3 is 2.89 bits per heavy atom. The molecule has 1 aromatic heterocycles. The van der Waals surface area contributed by atoms with Gasteiger partial charge < -0.3 is 5.32 Å². The van der Waals surface area contributed by atoms with Crippen molar-refractivity contribution in [2.75, 3.05) is 5.32 Å². The molecule has 3 rings (SSSR count). The molecule has 2 nitrogen and oxygen atoms in total. The number of aryl methyl sites for hydroxylation is 1. The monoisotopic (exact) mass is 272 g/mol. The molecule has 0 fully saturated rings. The summed E-state index contributed by atoms with van der Waals surface area (Å²) in [6.07, 6.45) is 5.22. The standard InChI is InChI=1S/C15H13FN2S/c16-8-13-7-12(11-2-1-5-17-9-11)6-10-3-4-14(19)18-15(10)13/h1-2,5-7,9H,3-4,8H2,(H,18,19). The van der Waals surface area contributed by atoms with Crippen LogP contribution in [0.25, 0.3) is 11.1 Å². The highest BCUT2D eigenvalue weighted by Gasteiger charge is 2.17. The summed E-state index contributed by atoms with van der Waals surface area (Å²) < 4.78 is 13.2.